The first-order valence-corrected chi connectivity index (χ1v) is 17.0. The number of amides is 2. The molecule has 0 aliphatic carbocycles. The predicted molar refractivity (Wildman–Crippen MR) is 181 cm³/mol. The van der Waals surface area contributed by atoms with Crippen LogP contribution in [0.3, 0.4) is 0 Å². The quantitative estimate of drug-likeness (QED) is 0.159. The molecule has 45 heavy (non-hydrogen) atoms. The molecule has 4 aromatic carbocycles. The van der Waals surface area contributed by atoms with Crippen LogP contribution in [0, 0.1) is 0 Å². The summed E-state index contributed by atoms with van der Waals surface area (Å²) in [7, 11) is -4.31. The van der Waals surface area contributed by atoms with Gasteiger partial charge in [0.2, 0.25) is 11.8 Å². The summed E-state index contributed by atoms with van der Waals surface area (Å²) in [6.07, 6.45) is 0.862. The van der Waals surface area contributed by atoms with Crippen molar-refractivity contribution in [2.24, 2.45) is 0 Å². The molecule has 0 aliphatic heterocycles. The molecular formula is C34H34Cl3N3O4S. The molecule has 0 aromatic heterocycles. The van der Waals surface area contributed by atoms with E-state index in [9.17, 15) is 18.0 Å². The largest absolute Gasteiger partial charge is 0.352 e. The number of sulfonamides is 1. The third kappa shape index (κ3) is 8.79. The molecule has 11 heteroatoms. The number of benzene rings is 4. The van der Waals surface area contributed by atoms with Gasteiger partial charge >= 0.3 is 0 Å². The van der Waals surface area contributed by atoms with E-state index in [1.165, 1.54) is 35.2 Å². The maximum atomic E-state index is 14.5. The Morgan fingerprint density at radius 2 is 1.44 bits per heavy atom. The van der Waals surface area contributed by atoms with E-state index in [4.69, 9.17) is 34.8 Å². The van der Waals surface area contributed by atoms with Crippen LogP contribution < -0.4 is 9.62 Å². The Morgan fingerprint density at radius 1 is 0.822 bits per heavy atom. The predicted octanol–water partition coefficient (Wildman–Crippen LogP) is 7.40. The smallest absolute Gasteiger partial charge is 0.264 e. The minimum absolute atomic E-state index is 0.0303. The highest BCUT2D eigenvalue weighted by molar-refractivity contribution is 7.92. The van der Waals surface area contributed by atoms with Gasteiger partial charge in [-0.05, 0) is 60.9 Å². The molecule has 0 saturated heterocycles. The molecule has 0 saturated carbocycles. The zero-order chi connectivity index (χ0) is 32.6. The molecular weight excluding hydrogens is 653 g/mol. The summed E-state index contributed by atoms with van der Waals surface area (Å²) in [6.45, 7) is 3.12. The van der Waals surface area contributed by atoms with Crippen molar-refractivity contribution >= 4 is 62.3 Å². The number of nitrogens with one attached hydrogen (secondary N) is 1. The summed E-state index contributed by atoms with van der Waals surface area (Å²) in [6, 6.07) is 27.3. The summed E-state index contributed by atoms with van der Waals surface area (Å²) in [5.74, 6) is -1.00. The summed E-state index contributed by atoms with van der Waals surface area (Å²) in [4.78, 5) is 29.8. The van der Waals surface area contributed by atoms with E-state index in [2.05, 4.69) is 5.32 Å². The van der Waals surface area contributed by atoms with Gasteiger partial charge in [-0.1, -0.05) is 108 Å². The van der Waals surface area contributed by atoms with Crippen molar-refractivity contribution in [1.82, 2.24) is 10.2 Å². The molecule has 1 N–H and O–H groups in total. The van der Waals surface area contributed by atoms with E-state index < -0.39 is 28.5 Å². The first-order valence-electron chi connectivity index (χ1n) is 14.4. The van der Waals surface area contributed by atoms with E-state index in [1.54, 1.807) is 42.5 Å². The summed E-state index contributed by atoms with van der Waals surface area (Å²) in [5.41, 5.74) is 1.45. The number of hydrogen-bond donors (Lipinski definition) is 1. The van der Waals surface area contributed by atoms with E-state index in [-0.39, 0.29) is 45.5 Å². The lowest BCUT2D eigenvalue weighted by molar-refractivity contribution is -0.140. The molecule has 4 aromatic rings. The molecule has 0 heterocycles. The van der Waals surface area contributed by atoms with E-state index in [1.807, 2.05) is 44.2 Å². The summed E-state index contributed by atoms with van der Waals surface area (Å²) >= 11 is 19.3. The Bertz CT molecular complexity index is 1720. The lowest BCUT2D eigenvalue weighted by atomic mass is 10.0. The summed E-state index contributed by atoms with van der Waals surface area (Å²) in [5, 5.41) is 3.73. The molecule has 2 amide bonds. The van der Waals surface area contributed by atoms with Crippen molar-refractivity contribution in [3.05, 3.63) is 129 Å². The van der Waals surface area contributed by atoms with Crippen LogP contribution >= 0.6 is 34.8 Å². The van der Waals surface area contributed by atoms with Gasteiger partial charge in [0, 0.05) is 29.1 Å². The Labute approximate surface area is 279 Å². The van der Waals surface area contributed by atoms with Crippen LogP contribution in [0.4, 0.5) is 5.69 Å². The maximum Gasteiger partial charge on any atom is 0.264 e. The van der Waals surface area contributed by atoms with Gasteiger partial charge < -0.3 is 10.2 Å². The number of carbonyl (C=O) groups excluding carboxylic acids is 2. The highest BCUT2D eigenvalue weighted by Gasteiger charge is 2.35. The molecule has 2 atom stereocenters. The fourth-order valence-corrected chi connectivity index (χ4v) is 6.79. The summed E-state index contributed by atoms with van der Waals surface area (Å²) < 4.78 is 29.1. The van der Waals surface area contributed by atoms with Gasteiger partial charge in [-0.25, -0.2) is 8.42 Å². The molecule has 0 spiro atoms. The third-order valence-corrected chi connectivity index (χ3v) is 10.1. The van der Waals surface area contributed by atoms with Crippen molar-refractivity contribution in [3.8, 4) is 0 Å². The zero-order valence-electron chi connectivity index (χ0n) is 24.9. The molecule has 236 valence electrons. The van der Waals surface area contributed by atoms with Crippen LogP contribution in [0.5, 0.6) is 0 Å². The van der Waals surface area contributed by atoms with E-state index in [0.29, 0.717) is 17.0 Å². The first kappa shape index (κ1) is 34.3. The minimum atomic E-state index is -4.31. The normalized spacial score (nSPS) is 12.6. The second-order valence-corrected chi connectivity index (χ2v) is 13.7. The Kier molecular flexibility index (Phi) is 11.9. The van der Waals surface area contributed by atoms with Crippen LogP contribution in [0.15, 0.2) is 108 Å². The third-order valence-electron chi connectivity index (χ3n) is 7.36. The van der Waals surface area contributed by atoms with Crippen LogP contribution in [-0.2, 0) is 32.6 Å². The van der Waals surface area contributed by atoms with Gasteiger partial charge in [-0.15, -0.1) is 0 Å². The standard InChI is InChI=1S/C34H34Cl3N3O4S/c1-3-24(2)38-34(42)32(20-25-12-6-4-7-13-25)39(22-26-14-10-11-17-29(26)36)33(41)23-40(31-21-27(35)18-19-30(31)37)45(43,44)28-15-8-5-9-16-28/h4-19,21,24,32H,3,20,22-23H2,1-2H3,(H,38,42)/t24-,32+/m0/s1. The highest BCUT2D eigenvalue weighted by Crippen LogP contribution is 2.33. The van der Waals surface area contributed by atoms with Crippen LogP contribution in [0.25, 0.3) is 0 Å². The number of anilines is 1. The Hall–Kier alpha value is -3.56. The number of halogens is 3. The van der Waals surface area contributed by atoms with Crippen LogP contribution in [0.2, 0.25) is 15.1 Å². The van der Waals surface area contributed by atoms with Crippen molar-refractivity contribution in [2.75, 3.05) is 10.8 Å². The lowest BCUT2D eigenvalue weighted by Gasteiger charge is -2.34. The van der Waals surface area contributed by atoms with Crippen LogP contribution in [0.1, 0.15) is 31.4 Å². The van der Waals surface area contributed by atoms with Gasteiger partial charge in [0.05, 0.1) is 15.6 Å². The second kappa shape index (κ2) is 15.6. The average molecular weight is 687 g/mol. The first-order chi connectivity index (χ1) is 21.5. The van der Waals surface area contributed by atoms with Crippen LogP contribution in [-0.4, -0.2) is 43.8 Å². The van der Waals surface area contributed by atoms with Gasteiger partial charge in [-0.3, -0.25) is 13.9 Å². The van der Waals surface area contributed by atoms with E-state index >= 15 is 0 Å². The van der Waals surface area contributed by atoms with Gasteiger partial charge in [0.1, 0.15) is 12.6 Å². The molecule has 0 bridgehead atoms. The average Bonchev–Trinajstić information content (AvgIpc) is 3.04. The molecule has 4 rings (SSSR count). The monoisotopic (exact) mass is 685 g/mol. The molecule has 0 radical (unpaired) electrons. The van der Waals surface area contributed by atoms with Gasteiger partial charge in [-0.2, -0.15) is 0 Å². The fourth-order valence-electron chi connectivity index (χ4n) is 4.72. The Morgan fingerprint density at radius 3 is 2.09 bits per heavy atom. The van der Waals surface area contributed by atoms with Crippen molar-refractivity contribution in [2.45, 2.75) is 50.2 Å². The molecule has 0 unspecified atom stereocenters. The lowest BCUT2D eigenvalue weighted by Crippen LogP contribution is -2.54. The number of hydrogen-bond acceptors (Lipinski definition) is 4. The Balaban J connectivity index is 1.84. The number of rotatable bonds is 13. The molecule has 7 nitrogen and oxygen atoms in total. The molecule has 0 fully saturated rings. The zero-order valence-corrected chi connectivity index (χ0v) is 28.0. The van der Waals surface area contributed by atoms with Crippen molar-refractivity contribution < 1.29 is 18.0 Å². The maximum absolute atomic E-state index is 14.5. The SMILES string of the molecule is CC[C@H](C)NC(=O)[C@@H](Cc1ccccc1)N(Cc1ccccc1Cl)C(=O)CN(c1cc(Cl)ccc1Cl)S(=O)(=O)c1ccccc1. The van der Waals surface area contributed by atoms with Gasteiger partial charge in [0.15, 0.2) is 0 Å². The number of carbonyl (C=O) groups is 2. The second-order valence-electron chi connectivity index (χ2n) is 10.6. The minimum Gasteiger partial charge on any atom is -0.352 e. The van der Waals surface area contributed by atoms with Crippen molar-refractivity contribution in [1.29, 1.82) is 0 Å². The van der Waals surface area contributed by atoms with E-state index in [0.717, 1.165) is 9.87 Å². The number of nitrogens with zero attached hydrogens (tertiary/aromatic N) is 2. The highest BCUT2D eigenvalue weighted by atomic mass is 35.5. The fraction of sp³-hybridized carbons (Fsp3) is 0.235. The molecule has 0 aliphatic rings. The van der Waals surface area contributed by atoms with Crippen molar-refractivity contribution in [3.63, 3.8) is 0 Å². The van der Waals surface area contributed by atoms with Gasteiger partial charge in [0.25, 0.3) is 10.0 Å². The topological polar surface area (TPSA) is 86.8 Å².